The highest BCUT2D eigenvalue weighted by Gasteiger charge is 2.26. The van der Waals surface area contributed by atoms with E-state index in [0.717, 1.165) is 0 Å². The number of amides is 5. The molecule has 0 heterocycles. The van der Waals surface area contributed by atoms with Crippen LogP contribution in [-0.4, -0.2) is 71.8 Å². The van der Waals surface area contributed by atoms with E-state index < -0.39 is 73.0 Å². The SMILES string of the molecule is NCCCCC(N)C(=O)NC(CC(N)=O)C(=O)NCC(=O)NC(CC(N)=O)C(=O)O. The van der Waals surface area contributed by atoms with Gasteiger partial charge in [-0.15, -0.1) is 0 Å². The van der Waals surface area contributed by atoms with Crippen molar-refractivity contribution in [1.29, 1.82) is 0 Å². The first-order valence-corrected chi connectivity index (χ1v) is 9.10. The predicted octanol–water partition coefficient (Wildman–Crippen LogP) is -4.64. The lowest BCUT2D eigenvalue weighted by molar-refractivity contribution is -0.143. The van der Waals surface area contributed by atoms with Crippen LogP contribution in [0.5, 0.6) is 0 Å². The third-order valence-electron chi connectivity index (χ3n) is 3.81. The van der Waals surface area contributed by atoms with E-state index in [9.17, 15) is 28.8 Å². The molecular weight excluding hydrogens is 402 g/mol. The number of aliphatic carboxylic acids is 1. The summed E-state index contributed by atoms with van der Waals surface area (Å²) < 4.78 is 0. The van der Waals surface area contributed by atoms with Gasteiger partial charge in [-0.25, -0.2) is 4.79 Å². The molecule has 0 aliphatic carbocycles. The van der Waals surface area contributed by atoms with Gasteiger partial charge in [-0.2, -0.15) is 0 Å². The quantitative estimate of drug-likeness (QED) is 0.116. The van der Waals surface area contributed by atoms with Crippen molar-refractivity contribution in [3.05, 3.63) is 0 Å². The fraction of sp³-hybridized carbons (Fsp3) is 0.625. The zero-order valence-electron chi connectivity index (χ0n) is 16.4. The van der Waals surface area contributed by atoms with Gasteiger partial charge in [0.2, 0.25) is 29.5 Å². The summed E-state index contributed by atoms with van der Waals surface area (Å²) in [6.45, 7) is -0.250. The Bertz CT molecular complexity index is 656. The molecule has 0 radical (unpaired) electrons. The second kappa shape index (κ2) is 13.8. The van der Waals surface area contributed by atoms with E-state index in [0.29, 0.717) is 25.8 Å². The van der Waals surface area contributed by atoms with Crippen LogP contribution in [0.15, 0.2) is 0 Å². The largest absolute Gasteiger partial charge is 0.480 e. The summed E-state index contributed by atoms with van der Waals surface area (Å²) >= 11 is 0. The molecular formula is C16H29N7O7. The lowest BCUT2D eigenvalue weighted by atomic mass is 10.1. The van der Waals surface area contributed by atoms with Crippen molar-refractivity contribution >= 4 is 35.5 Å². The molecule has 3 atom stereocenters. The second-order valence-corrected chi connectivity index (χ2v) is 6.47. The molecule has 0 saturated carbocycles. The standard InChI is InChI=1S/C16H29N7O7/c17-4-2-1-3-8(18)14(27)23-9(5-11(19)24)15(28)21-7-13(26)22-10(16(29)30)6-12(20)25/h8-10H,1-7,17-18H2,(H2,19,24)(H2,20,25)(H,21,28)(H,22,26)(H,23,27)(H,29,30). The summed E-state index contributed by atoms with van der Waals surface area (Å²) in [7, 11) is 0. The highest BCUT2D eigenvalue weighted by molar-refractivity contribution is 5.95. The van der Waals surface area contributed by atoms with Crippen LogP contribution in [0.25, 0.3) is 0 Å². The Balaban J connectivity index is 4.81. The molecule has 30 heavy (non-hydrogen) atoms. The molecule has 0 rings (SSSR count). The average molecular weight is 431 g/mol. The molecule has 3 unspecified atom stereocenters. The maximum Gasteiger partial charge on any atom is 0.326 e. The normalized spacial score (nSPS) is 13.4. The van der Waals surface area contributed by atoms with Crippen molar-refractivity contribution in [3.63, 3.8) is 0 Å². The van der Waals surface area contributed by atoms with Crippen LogP contribution in [0.1, 0.15) is 32.1 Å². The van der Waals surface area contributed by atoms with Gasteiger partial charge in [0.05, 0.1) is 25.4 Å². The molecule has 170 valence electrons. The topological polar surface area (TPSA) is 263 Å². The summed E-state index contributed by atoms with van der Waals surface area (Å²) in [5, 5.41) is 15.4. The molecule has 0 aromatic heterocycles. The highest BCUT2D eigenvalue weighted by atomic mass is 16.4. The molecule has 0 fully saturated rings. The smallest absolute Gasteiger partial charge is 0.326 e. The van der Waals surface area contributed by atoms with E-state index in [2.05, 4.69) is 10.6 Å². The van der Waals surface area contributed by atoms with Gasteiger partial charge >= 0.3 is 5.97 Å². The molecule has 0 aromatic rings. The monoisotopic (exact) mass is 431 g/mol. The Kier molecular flexibility index (Phi) is 12.3. The van der Waals surface area contributed by atoms with Crippen LogP contribution in [0.4, 0.5) is 0 Å². The number of carbonyl (C=O) groups excluding carboxylic acids is 5. The van der Waals surface area contributed by atoms with Crippen LogP contribution in [0.2, 0.25) is 0 Å². The third kappa shape index (κ3) is 11.6. The minimum Gasteiger partial charge on any atom is -0.480 e. The van der Waals surface area contributed by atoms with Crippen molar-refractivity contribution in [2.75, 3.05) is 13.1 Å². The summed E-state index contributed by atoms with van der Waals surface area (Å²) in [5.41, 5.74) is 21.1. The fourth-order valence-corrected chi connectivity index (χ4v) is 2.27. The Morgan fingerprint density at radius 1 is 0.833 bits per heavy atom. The number of hydrogen-bond acceptors (Lipinski definition) is 8. The van der Waals surface area contributed by atoms with E-state index in [1.54, 1.807) is 0 Å². The van der Waals surface area contributed by atoms with E-state index in [1.807, 2.05) is 5.32 Å². The molecule has 5 amide bonds. The molecule has 12 N–H and O–H groups in total. The number of nitrogens with one attached hydrogen (secondary N) is 3. The van der Waals surface area contributed by atoms with E-state index >= 15 is 0 Å². The average Bonchev–Trinajstić information content (AvgIpc) is 2.64. The number of carboxylic acid groups (broad SMARTS) is 1. The zero-order chi connectivity index (χ0) is 23.3. The summed E-state index contributed by atoms with van der Waals surface area (Å²) in [4.78, 5) is 69.2. The molecule has 0 bridgehead atoms. The van der Waals surface area contributed by atoms with Gasteiger partial charge in [-0.05, 0) is 19.4 Å². The van der Waals surface area contributed by atoms with Gasteiger partial charge in [0.25, 0.3) is 0 Å². The minimum absolute atomic E-state index is 0.312. The highest BCUT2D eigenvalue weighted by Crippen LogP contribution is 2.00. The predicted molar refractivity (Wildman–Crippen MR) is 103 cm³/mol. The van der Waals surface area contributed by atoms with Crippen LogP contribution in [0, 0.1) is 0 Å². The van der Waals surface area contributed by atoms with E-state index in [-0.39, 0.29) is 0 Å². The van der Waals surface area contributed by atoms with Crippen molar-refractivity contribution in [1.82, 2.24) is 16.0 Å². The van der Waals surface area contributed by atoms with Gasteiger partial charge in [-0.1, -0.05) is 6.42 Å². The van der Waals surface area contributed by atoms with Gasteiger partial charge < -0.3 is 44.0 Å². The number of carbonyl (C=O) groups is 6. The molecule has 0 aliphatic heterocycles. The molecule has 14 heteroatoms. The number of unbranched alkanes of at least 4 members (excludes halogenated alkanes) is 1. The Labute approximate surface area is 172 Å². The summed E-state index contributed by atoms with van der Waals surface area (Å²) in [6, 6.07) is -3.89. The van der Waals surface area contributed by atoms with Gasteiger partial charge in [0, 0.05) is 0 Å². The Hall–Kier alpha value is -3.26. The maximum absolute atomic E-state index is 12.2. The van der Waals surface area contributed by atoms with E-state index in [1.165, 1.54) is 0 Å². The first kappa shape index (κ1) is 26.7. The lowest BCUT2D eigenvalue weighted by Crippen LogP contribution is -2.54. The van der Waals surface area contributed by atoms with Crippen LogP contribution >= 0.6 is 0 Å². The molecule has 14 nitrogen and oxygen atoms in total. The number of rotatable bonds is 15. The molecule has 0 spiro atoms. The van der Waals surface area contributed by atoms with Gasteiger partial charge in [0.1, 0.15) is 12.1 Å². The first-order valence-electron chi connectivity index (χ1n) is 9.10. The lowest BCUT2D eigenvalue weighted by Gasteiger charge is -2.20. The Morgan fingerprint density at radius 3 is 1.90 bits per heavy atom. The number of primary amides is 2. The minimum atomic E-state index is -1.57. The molecule has 0 saturated heterocycles. The van der Waals surface area contributed by atoms with Crippen LogP contribution < -0.4 is 38.9 Å². The maximum atomic E-state index is 12.2. The molecule has 0 aromatic carbocycles. The first-order chi connectivity index (χ1) is 14.0. The second-order valence-electron chi connectivity index (χ2n) is 6.47. The van der Waals surface area contributed by atoms with Crippen molar-refractivity contribution in [2.24, 2.45) is 22.9 Å². The van der Waals surface area contributed by atoms with Crippen molar-refractivity contribution in [3.8, 4) is 0 Å². The fourth-order valence-electron chi connectivity index (χ4n) is 2.27. The van der Waals surface area contributed by atoms with E-state index in [4.69, 9.17) is 28.0 Å². The van der Waals surface area contributed by atoms with Crippen LogP contribution in [0.3, 0.4) is 0 Å². The van der Waals surface area contributed by atoms with Crippen molar-refractivity contribution < 1.29 is 33.9 Å². The summed E-state index contributed by atoms with van der Waals surface area (Å²) in [5.74, 6) is -5.85. The van der Waals surface area contributed by atoms with Crippen molar-refractivity contribution in [2.45, 2.75) is 50.2 Å². The van der Waals surface area contributed by atoms with Gasteiger partial charge in [0.15, 0.2) is 0 Å². The van der Waals surface area contributed by atoms with Crippen LogP contribution in [-0.2, 0) is 28.8 Å². The van der Waals surface area contributed by atoms with Gasteiger partial charge in [-0.3, -0.25) is 24.0 Å². The summed E-state index contributed by atoms with van der Waals surface area (Å²) in [6.07, 6.45) is 0.376. The number of nitrogens with two attached hydrogens (primary N) is 4. The number of hydrogen-bond donors (Lipinski definition) is 8. The number of carboxylic acids is 1. The zero-order valence-corrected chi connectivity index (χ0v) is 16.4. The third-order valence-corrected chi connectivity index (χ3v) is 3.81. The Morgan fingerprint density at radius 2 is 1.40 bits per heavy atom. The molecule has 0 aliphatic rings.